The predicted molar refractivity (Wildman–Crippen MR) is 80.1 cm³/mol. The van der Waals surface area contributed by atoms with Gasteiger partial charge in [0.05, 0.1) is 6.26 Å². The molecule has 1 heterocycles. The summed E-state index contributed by atoms with van der Waals surface area (Å²) >= 11 is 0. The lowest BCUT2D eigenvalue weighted by molar-refractivity contribution is 0.487. The Morgan fingerprint density at radius 2 is 1.39 bits per heavy atom. The zero-order chi connectivity index (χ0) is 12.7. The molecule has 1 nitrogen and oxygen atoms in total. The fourth-order valence-electron chi connectivity index (χ4n) is 1.46. The summed E-state index contributed by atoms with van der Waals surface area (Å²) in [5, 5.41) is 0. The van der Waals surface area contributed by atoms with Crippen LogP contribution < -0.4 is 0 Å². The van der Waals surface area contributed by atoms with Crippen LogP contribution in [0.5, 0.6) is 0 Å². The van der Waals surface area contributed by atoms with Crippen LogP contribution in [0.2, 0.25) is 0 Å². The van der Waals surface area contributed by atoms with E-state index in [0.29, 0.717) is 11.8 Å². The van der Waals surface area contributed by atoms with Gasteiger partial charge in [-0.15, -0.1) is 0 Å². The van der Waals surface area contributed by atoms with Crippen LogP contribution in [0, 0.1) is 0 Å². The number of rotatable bonds is 2. The highest BCUT2D eigenvalue weighted by atomic mass is 16.3. The van der Waals surface area contributed by atoms with Crippen LogP contribution in [-0.4, -0.2) is 0 Å². The Labute approximate surface area is 112 Å². The second kappa shape index (κ2) is 8.57. The molecule has 0 radical (unpaired) electrons. The van der Waals surface area contributed by atoms with Crippen LogP contribution >= 0.6 is 0 Å². The molecule has 0 unspecified atom stereocenters. The van der Waals surface area contributed by atoms with Crippen LogP contribution in [0.15, 0.2) is 53.1 Å². The number of furan rings is 1. The Morgan fingerprint density at radius 1 is 0.778 bits per heavy atom. The van der Waals surface area contributed by atoms with Gasteiger partial charge in [-0.3, -0.25) is 0 Å². The van der Waals surface area contributed by atoms with Crippen LogP contribution in [0.1, 0.15) is 58.3 Å². The van der Waals surface area contributed by atoms with Gasteiger partial charge in [-0.1, -0.05) is 65.5 Å². The molecule has 2 rings (SSSR count). The van der Waals surface area contributed by atoms with E-state index in [4.69, 9.17) is 4.42 Å². The van der Waals surface area contributed by atoms with Crippen molar-refractivity contribution in [3.05, 3.63) is 60.1 Å². The smallest absolute Gasteiger partial charge is 0.106 e. The van der Waals surface area contributed by atoms with Crippen molar-refractivity contribution in [3.63, 3.8) is 0 Å². The van der Waals surface area contributed by atoms with Crippen LogP contribution in [0.25, 0.3) is 0 Å². The van der Waals surface area contributed by atoms with E-state index in [1.165, 1.54) is 5.56 Å². The molecule has 0 aliphatic heterocycles. The largest absolute Gasteiger partial charge is 0.469 e. The molecule has 1 heteroatoms. The van der Waals surface area contributed by atoms with E-state index in [0.717, 1.165) is 5.76 Å². The lowest BCUT2D eigenvalue weighted by Crippen LogP contribution is -1.83. The fraction of sp³-hybridized carbons (Fsp3) is 0.412. The number of hydrogen-bond donors (Lipinski definition) is 0. The van der Waals surface area contributed by atoms with Crippen molar-refractivity contribution in [2.24, 2.45) is 0 Å². The van der Waals surface area contributed by atoms with Gasteiger partial charge >= 0.3 is 0 Å². The van der Waals surface area contributed by atoms with Gasteiger partial charge in [-0.25, -0.2) is 0 Å². The molecular weight excluding hydrogens is 220 g/mol. The van der Waals surface area contributed by atoms with E-state index in [2.05, 4.69) is 52.0 Å². The Balaban J connectivity index is 0.000000306. The topological polar surface area (TPSA) is 13.1 Å². The van der Waals surface area contributed by atoms with Gasteiger partial charge < -0.3 is 4.42 Å². The van der Waals surface area contributed by atoms with Gasteiger partial charge in [0.15, 0.2) is 0 Å². The molecule has 0 amide bonds. The Hall–Kier alpha value is -1.50. The summed E-state index contributed by atoms with van der Waals surface area (Å²) in [7, 11) is 0. The summed E-state index contributed by atoms with van der Waals surface area (Å²) in [5.41, 5.74) is 1.41. The van der Waals surface area contributed by atoms with Gasteiger partial charge in [0.25, 0.3) is 0 Å². The third-order valence-electron chi connectivity index (χ3n) is 2.58. The second-order valence-corrected chi connectivity index (χ2v) is 4.74. The highest BCUT2D eigenvalue weighted by Gasteiger charge is 1.98. The first kappa shape index (κ1) is 16.5. The van der Waals surface area contributed by atoms with Gasteiger partial charge in [0.2, 0.25) is 0 Å². The zero-order valence-electron chi connectivity index (χ0n) is 11.2. The van der Waals surface area contributed by atoms with Gasteiger partial charge in [-0.2, -0.15) is 0 Å². The lowest BCUT2D eigenvalue weighted by Gasteiger charge is -2.01. The van der Waals surface area contributed by atoms with Crippen molar-refractivity contribution in [3.8, 4) is 0 Å². The molecule has 0 saturated carbocycles. The maximum absolute atomic E-state index is 5.09. The van der Waals surface area contributed by atoms with Crippen molar-refractivity contribution >= 4 is 0 Å². The van der Waals surface area contributed by atoms with Crippen molar-refractivity contribution in [2.45, 2.75) is 47.0 Å². The van der Waals surface area contributed by atoms with Crippen molar-refractivity contribution in [1.82, 2.24) is 0 Å². The van der Waals surface area contributed by atoms with Crippen LogP contribution in [0.3, 0.4) is 0 Å². The van der Waals surface area contributed by atoms with Gasteiger partial charge in [0, 0.05) is 5.92 Å². The van der Waals surface area contributed by atoms with Crippen molar-refractivity contribution in [2.75, 3.05) is 0 Å². The van der Waals surface area contributed by atoms with Crippen molar-refractivity contribution in [1.29, 1.82) is 0 Å². The van der Waals surface area contributed by atoms with E-state index < -0.39 is 0 Å². The molecule has 1 aromatic carbocycles. The Morgan fingerprint density at radius 3 is 1.67 bits per heavy atom. The fourth-order valence-corrected chi connectivity index (χ4v) is 1.46. The molecule has 0 fully saturated rings. The minimum atomic E-state index is 0. The zero-order valence-corrected chi connectivity index (χ0v) is 11.2. The summed E-state index contributed by atoms with van der Waals surface area (Å²) in [5.74, 6) is 2.24. The van der Waals surface area contributed by atoms with Gasteiger partial charge in [-0.05, 0) is 23.6 Å². The summed E-state index contributed by atoms with van der Waals surface area (Å²) in [4.78, 5) is 0. The monoisotopic (exact) mass is 246 g/mol. The maximum atomic E-state index is 5.09. The first-order chi connectivity index (χ1) is 8.11. The number of benzene rings is 1. The summed E-state index contributed by atoms with van der Waals surface area (Å²) < 4.78 is 5.09. The van der Waals surface area contributed by atoms with E-state index in [9.17, 15) is 0 Å². The standard InChI is InChI=1S/C9H12.C7H10O.CH4/c1-8(2)9-6-4-3-5-7-9;1-6(2)7-4-3-5-8-7;/h3-8H,1-2H3;3-6H,1-2H3;1H4. The van der Waals surface area contributed by atoms with E-state index in [1.807, 2.05) is 18.2 Å². The molecule has 2 aromatic rings. The lowest BCUT2D eigenvalue weighted by atomic mass is 10.0. The van der Waals surface area contributed by atoms with Crippen LogP contribution in [0.4, 0.5) is 0 Å². The Bertz CT molecular complexity index is 385. The third-order valence-corrected chi connectivity index (χ3v) is 2.58. The molecule has 0 saturated heterocycles. The first-order valence-electron chi connectivity index (χ1n) is 6.19. The van der Waals surface area contributed by atoms with Crippen LogP contribution in [-0.2, 0) is 0 Å². The SMILES string of the molecule is C.CC(C)c1ccccc1.CC(C)c1ccco1. The molecule has 0 aliphatic carbocycles. The average molecular weight is 246 g/mol. The van der Waals surface area contributed by atoms with E-state index >= 15 is 0 Å². The molecule has 0 atom stereocenters. The summed E-state index contributed by atoms with van der Waals surface area (Å²) in [6, 6.07) is 14.4. The third kappa shape index (κ3) is 5.72. The minimum absolute atomic E-state index is 0. The quantitative estimate of drug-likeness (QED) is 0.648. The number of hydrogen-bond acceptors (Lipinski definition) is 1. The summed E-state index contributed by atoms with van der Waals surface area (Å²) in [6.07, 6.45) is 1.70. The molecular formula is C17H26O. The second-order valence-electron chi connectivity index (χ2n) is 4.74. The molecule has 0 bridgehead atoms. The van der Waals surface area contributed by atoms with E-state index in [1.54, 1.807) is 6.26 Å². The minimum Gasteiger partial charge on any atom is -0.469 e. The summed E-state index contributed by atoms with van der Waals surface area (Å²) in [6.45, 7) is 8.63. The predicted octanol–water partition coefficient (Wildman–Crippen LogP) is 5.85. The molecule has 100 valence electrons. The van der Waals surface area contributed by atoms with Crippen molar-refractivity contribution < 1.29 is 4.42 Å². The first-order valence-corrected chi connectivity index (χ1v) is 6.19. The average Bonchev–Trinajstić information content (AvgIpc) is 2.84. The Kier molecular flexibility index (Phi) is 7.86. The maximum Gasteiger partial charge on any atom is 0.106 e. The van der Waals surface area contributed by atoms with Gasteiger partial charge in [0.1, 0.15) is 5.76 Å². The highest BCUT2D eigenvalue weighted by Crippen LogP contribution is 2.13. The van der Waals surface area contributed by atoms with E-state index in [-0.39, 0.29) is 7.43 Å². The highest BCUT2D eigenvalue weighted by molar-refractivity contribution is 5.17. The molecule has 0 aliphatic rings. The normalized spacial score (nSPS) is 9.67. The molecule has 1 aromatic heterocycles. The molecule has 18 heavy (non-hydrogen) atoms. The molecule has 0 N–H and O–H groups in total. The molecule has 0 spiro atoms.